The van der Waals surface area contributed by atoms with Gasteiger partial charge in [-0.15, -0.1) is 11.8 Å². The highest BCUT2D eigenvalue weighted by Gasteiger charge is 2.30. The van der Waals surface area contributed by atoms with Crippen LogP contribution >= 0.6 is 11.8 Å². The zero-order chi connectivity index (χ0) is 19.7. The quantitative estimate of drug-likeness (QED) is 0.432. The molecule has 0 atom stereocenters. The number of alkyl halides is 3. The number of halogens is 3. The molecule has 0 radical (unpaired) electrons. The number of thioether (sulfide) groups is 1. The highest BCUT2D eigenvalue weighted by Crippen LogP contribution is 2.32. The summed E-state index contributed by atoms with van der Waals surface area (Å²) in [4.78, 5) is 4.33. The Hall–Kier alpha value is -3.07. The average molecular weight is 402 g/mol. The van der Waals surface area contributed by atoms with Gasteiger partial charge in [-0.05, 0) is 42.7 Å². The van der Waals surface area contributed by atoms with E-state index in [1.54, 1.807) is 10.9 Å². The molecule has 0 spiro atoms. The van der Waals surface area contributed by atoms with Crippen molar-refractivity contribution in [3.63, 3.8) is 0 Å². The van der Waals surface area contributed by atoms with E-state index < -0.39 is 11.7 Å². The number of nitrogens with zero attached hydrogens (tertiary/aromatic N) is 4. The zero-order valence-corrected chi connectivity index (χ0v) is 15.3. The second-order valence-corrected chi connectivity index (χ2v) is 6.63. The first-order chi connectivity index (χ1) is 13.5. The Kier molecular flexibility index (Phi) is 4.68. The molecule has 0 aliphatic carbocycles. The average Bonchev–Trinajstić information content (AvgIpc) is 3.35. The molecule has 0 unspecified atom stereocenters. The molecule has 0 saturated heterocycles. The van der Waals surface area contributed by atoms with E-state index in [4.69, 9.17) is 4.52 Å². The molecular weight excluding hydrogens is 389 g/mol. The van der Waals surface area contributed by atoms with Crippen molar-refractivity contribution in [2.45, 2.75) is 11.2 Å². The van der Waals surface area contributed by atoms with Crippen LogP contribution in [-0.2, 0) is 6.18 Å². The van der Waals surface area contributed by atoms with Crippen LogP contribution in [0.3, 0.4) is 0 Å². The Bertz CT molecular complexity index is 1090. The molecule has 2 aromatic heterocycles. The van der Waals surface area contributed by atoms with E-state index in [-0.39, 0.29) is 5.89 Å². The van der Waals surface area contributed by atoms with Crippen molar-refractivity contribution < 1.29 is 17.7 Å². The summed E-state index contributed by atoms with van der Waals surface area (Å²) in [5, 5.41) is 9.22. The van der Waals surface area contributed by atoms with Crippen molar-refractivity contribution in [3.05, 3.63) is 66.4 Å². The summed E-state index contributed by atoms with van der Waals surface area (Å²) in [6.07, 6.45) is -0.710. The predicted molar refractivity (Wildman–Crippen MR) is 99.1 cm³/mol. The van der Waals surface area contributed by atoms with Crippen LogP contribution in [-0.4, -0.2) is 26.2 Å². The fourth-order valence-corrected chi connectivity index (χ4v) is 3.16. The number of para-hydroxylation sites is 1. The van der Waals surface area contributed by atoms with E-state index in [0.717, 1.165) is 17.8 Å². The number of aromatic nitrogens is 4. The van der Waals surface area contributed by atoms with Crippen molar-refractivity contribution >= 4 is 11.8 Å². The molecule has 0 saturated carbocycles. The van der Waals surface area contributed by atoms with Gasteiger partial charge in [-0.3, -0.25) is 0 Å². The van der Waals surface area contributed by atoms with Crippen molar-refractivity contribution in [2.75, 3.05) is 6.26 Å². The van der Waals surface area contributed by atoms with Crippen LogP contribution in [0, 0.1) is 0 Å². The SMILES string of the molecule is CSc1nn(-c2ccccc2)cc1-c1noc(-c2ccc(C(F)(F)F)cc2)n1. The first kappa shape index (κ1) is 18.3. The van der Waals surface area contributed by atoms with E-state index in [1.807, 2.05) is 36.6 Å². The summed E-state index contributed by atoms with van der Waals surface area (Å²) in [5.74, 6) is 0.463. The lowest BCUT2D eigenvalue weighted by atomic mass is 10.1. The van der Waals surface area contributed by atoms with Crippen molar-refractivity contribution in [1.29, 1.82) is 0 Å². The normalized spacial score (nSPS) is 11.7. The molecule has 28 heavy (non-hydrogen) atoms. The number of rotatable bonds is 4. The van der Waals surface area contributed by atoms with Crippen LogP contribution in [0.4, 0.5) is 13.2 Å². The topological polar surface area (TPSA) is 56.7 Å². The third kappa shape index (κ3) is 3.53. The van der Waals surface area contributed by atoms with Gasteiger partial charge in [-0.25, -0.2) is 4.68 Å². The van der Waals surface area contributed by atoms with Gasteiger partial charge in [0.15, 0.2) is 0 Å². The number of benzene rings is 2. The van der Waals surface area contributed by atoms with Crippen LogP contribution in [0.5, 0.6) is 0 Å². The smallest absolute Gasteiger partial charge is 0.334 e. The van der Waals surface area contributed by atoms with Gasteiger partial charge in [0.1, 0.15) is 5.03 Å². The Morgan fingerprint density at radius 2 is 1.71 bits per heavy atom. The van der Waals surface area contributed by atoms with E-state index in [9.17, 15) is 13.2 Å². The minimum atomic E-state index is -4.39. The maximum atomic E-state index is 12.7. The molecule has 9 heteroatoms. The lowest BCUT2D eigenvalue weighted by molar-refractivity contribution is -0.137. The Morgan fingerprint density at radius 3 is 2.36 bits per heavy atom. The lowest BCUT2D eigenvalue weighted by Gasteiger charge is -2.05. The van der Waals surface area contributed by atoms with Crippen LogP contribution in [0.25, 0.3) is 28.5 Å². The molecule has 0 bridgehead atoms. The summed E-state index contributed by atoms with van der Waals surface area (Å²) < 4.78 is 45.1. The number of hydrogen-bond acceptors (Lipinski definition) is 5. The molecule has 0 amide bonds. The maximum Gasteiger partial charge on any atom is 0.416 e. The molecule has 4 rings (SSSR count). The first-order valence-corrected chi connectivity index (χ1v) is 9.39. The van der Waals surface area contributed by atoms with E-state index in [0.29, 0.717) is 22.0 Å². The fraction of sp³-hybridized carbons (Fsp3) is 0.105. The third-order valence-corrected chi connectivity index (χ3v) is 4.71. The lowest BCUT2D eigenvalue weighted by Crippen LogP contribution is -2.03. The van der Waals surface area contributed by atoms with Gasteiger partial charge in [0.25, 0.3) is 5.89 Å². The highest BCUT2D eigenvalue weighted by atomic mass is 32.2. The fourth-order valence-electron chi connectivity index (χ4n) is 2.63. The Balaban J connectivity index is 1.67. The molecule has 0 aliphatic rings. The minimum Gasteiger partial charge on any atom is -0.334 e. The largest absolute Gasteiger partial charge is 0.416 e. The van der Waals surface area contributed by atoms with E-state index >= 15 is 0 Å². The molecule has 0 N–H and O–H groups in total. The maximum absolute atomic E-state index is 12.7. The third-order valence-electron chi connectivity index (χ3n) is 4.02. The van der Waals surface area contributed by atoms with Crippen LogP contribution in [0.1, 0.15) is 5.56 Å². The summed E-state index contributed by atoms with van der Waals surface area (Å²) in [6, 6.07) is 14.2. The molecule has 2 heterocycles. The van der Waals surface area contributed by atoms with Crippen molar-refractivity contribution in [3.8, 4) is 28.5 Å². The molecule has 0 fully saturated rings. The van der Waals surface area contributed by atoms with Gasteiger partial charge in [-0.1, -0.05) is 23.4 Å². The molecule has 5 nitrogen and oxygen atoms in total. The molecule has 0 aliphatic heterocycles. The predicted octanol–water partition coefficient (Wildman–Crippen LogP) is 5.33. The minimum absolute atomic E-state index is 0.142. The van der Waals surface area contributed by atoms with Crippen molar-refractivity contribution in [2.24, 2.45) is 0 Å². The second-order valence-electron chi connectivity index (χ2n) is 5.83. The van der Waals surface area contributed by atoms with Crippen LogP contribution < -0.4 is 0 Å². The highest BCUT2D eigenvalue weighted by molar-refractivity contribution is 7.98. The van der Waals surface area contributed by atoms with Gasteiger partial charge in [0.05, 0.1) is 16.8 Å². The summed E-state index contributed by atoms with van der Waals surface area (Å²) in [6.45, 7) is 0. The van der Waals surface area contributed by atoms with E-state index in [1.165, 1.54) is 23.9 Å². The summed E-state index contributed by atoms with van der Waals surface area (Å²) >= 11 is 1.44. The second kappa shape index (κ2) is 7.16. The Morgan fingerprint density at radius 1 is 1.00 bits per heavy atom. The van der Waals surface area contributed by atoms with Gasteiger partial charge in [0, 0.05) is 11.8 Å². The molecular formula is C19H13F3N4OS. The first-order valence-electron chi connectivity index (χ1n) is 8.16. The van der Waals surface area contributed by atoms with Gasteiger partial charge in [0.2, 0.25) is 5.82 Å². The summed E-state index contributed by atoms with van der Waals surface area (Å²) in [7, 11) is 0. The molecule has 142 valence electrons. The monoisotopic (exact) mass is 402 g/mol. The van der Waals surface area contributed by atoms with Gasteiger partial charge >= 0.3 is 6.18 Å². The van der Waals surface area contributed by atoms with Gasteiger partial charge < -0.3 is 4.52 Å². The summed E-state index contributed by atoms with van der Waals surface area (Å²) in [5.41, 5.74) is 1.24. The zero-order valence-electron chi connectivity index (χ0n) is 14.5. The van der Waals surface area contributed by atoms with Crippen LogP contribution in [0.2, 0.25) is 0 Å². The van der Waals surface area contributed by atoms with Crippen molar-refractivity contribution in [1.82, 2.24) is 19.9 Å². The molecule has 4 aromatic rings. The standard InChI is InChI=1S/C19H13F3N4OS/c1-28-18-15(11-26(24-18)14-5-3-2-4-6-14)16-23-17(27-25-16)12-7-9-13(10-8-12)19(20,21)22/h2-11H,1H3. The van der Waals surface area contributed by atoms with Crippen LogP contribution in [0.15, 0.2) is 70.3 Å². The Labute approximate surface area is 162 Å². The van der Waals surface area contributed by atoms with Gasteiger partial charge in [-0.2, -0.15) is 23.3 Å². The molecule has 2 aromatic carbocycles. The number of hydrogen-bond donors (Lipinski definition) is 0. The van der Waals surface area contributed by atoms with E-state index in [2.05, 4.69) is 15.2 Å².